The molecular formula is C10H14N4. The summed E-state index contributed by atoms with van der Waals surface area (Å²) in [5, 5.41) is 15.0. The summed E-state index contributed by atoms with van der Waals surface area (Å²) < 4.78 is 0. The zero-order valence-corrected chi connectivity index (χ0v) is 8.46. The Morgan fingerprint density at radius 2 is 2.07 bits per heavy atom. The maximum Gasteiger partial charge on any atom is 0.144 e. The standard InChI is InChI=1S/C10H14N4/c1-3-12-9-5-8(6-11)10(13-4-2)14-7-9/h5,7,12H,3-4H2,1-2H3,(H,13,14). The molecule has 0 aromatic carbocycles. The molecular weight excluding hydrogens is 176 g/mol. The predicted octanol–water partition coefficient (Wildman–Crippen LogP) is 1.82. The van der Waals surface area contributed by atoms with Gasteiger partial charge in [0.25, 0.3) is 0 Å². The van der Waals surface area contributed by atoms with Crippen LogP contribution in [-0.2, 0) is 0 Å². The van der Waals surface area contributed by atoms with Gasteiger partial charge in [0.15, 0.2) is 0 Å². The molecule has 0 aliphatic heterocycles. The van der Waals surface area contributed by atoms with E-state index >= 15 is 0 Å². The van der Waals surface area contributed by atoms with Crippen LogP contribution in [0.2, 0.25) is 0 Å². The van der Waals surface area contributed by atoms with Crippen LogP contribution in [0.3, 0.4) is 0 Å². The van der Waals surface area contributed by atoms with Crippen LogP contribution in [0, 0.1) is 11.3 Å². The number of rotatable bonds is 4. The van der Waals surface area contributed by atoms with Crippen LogP contribution in [0.25, 0.3) is 0 Å². The number of nitriles is 1. The summed E-state index contributed by atoms with van der Waals surface area (Å²) in [6.07, 6.45) is 1.72. The van der Waals surface area contributed by atoms with E-state index in [0.29, 0.717) is 11.4 Å². The van der Waals surface area contributed by atoms with Crippen LogP contribution >= 0.6 is 0 Å². The molecule has 0 saturated heterocycles. The fourth-order valence-electron chi connectivity index (χ4n) is 1.16. The van der Waals surface area contributed by atoms with Gasteiger partial charge in [0.2, 0.25) is 0 Å². The first-order chi connectivity index (χ1) is 6.81. The van der Waals surface area contributed by atoms with Gasteiger partial charge >= 0.3 is 0 Å². The van der Waals surface area contributed by atoms with Gasteiger partial charge in [-0.2, -0.15) is 5.26 Å². The number of nitrogens with zero attached hydrogens (tertiary/aromatic N) is 2. The van der Waals surface area contributed by atoms with Crippen molar-refractivity contribution >= 4 is 11.5 Å². The Morgan fingerprint density at radius 3 is 2.64 bits per heavy atom. The number of hydrogen-bond donors (Lipinski definition) is 2. The van der Waals surface area contributed by atoms with E-state index in [1.54, 1.807) is 12.3 Å². The first kappa shape index (κ1) is 10.3. The topological polar surface area (TPSA) is 60.7 Å². The fourth-order valence-corrected chi connectivity index (χ4v) is 1.16. The number of pyridine rings is 1. The highest BCUT2D eigenvalue weighted by Crippen LogP contribution is 2.15. The Morgan fingerprint density at radius 1 is 1.36 bits per heavy atom. The molecule has 1 heterocycles. The number of nitrogens with one attached hydrogen (secondary N) is 2. The highest BCUT2D eigenvalue weighted by atomic mass is 15.0. The minimum atomic E-state index is 0.574. The third-order valence-corrected chi connectivity index (χ3v) is 1.73. The Balaban J connectivity index is 2.94. The summed E-state index contributed by atoms with van der Waals surface area (Å²) in [5.74, 6) is 0.650. The first-order valence-corrected chi connectivity index (χ1v) is 4.69. The highest BCUT2D eigenvalue weighted by molar-refractivity contribution is 5.58. The summed E-state index contributed by atoms with van der Waals surface area (Å²) >= 11 is 0. The van der Waals surface area contributed by atoms with Gasteiger partial charge < -0.3 is 10.6 Å². The average molecular weight is 190 g/mol. The monoisotopic (exact) mass is 190 g/mol. The lowest BCUT2D eigenvalue weighted by atomic mass is 10.2. The summed E-state index contributed by atoms with van der Waals surface area (Å²) in [5.41, 5.74) is 1.45. The molecule has 0 atom stereocenters. The minimum Gasteiger partial charge on any atom is -0.384 e. The van der Waals surface area contributed by atoms with E-state index in [4.69, 9.17) is 5.26 Å². The molecule has 1 aromatic rings. The van der Waals surface area contributed by atoms with Gasteiger partial charge in [-0.15, -0.1) is 0 Å². The van der Waals surface area contributed by atoms with Crippen LogP contribution in [0.5, 0.6) is 0 Å². The van der Waals surface area contributed by atoms with Gasteiger partial charge in [0.1, 0.15) is 11.9 Å². The molecule has 14 heavy (non-hydrogen) atoms. The molecule has 0 amide bonds. The maximum absolute atomic E-state index is 8.88. The lowest BCUT2D eigenvalue weighted by molar-refractivity contribution is 1.14. The molecule has 4 heteroatoms. The molecule has 0 spiro atoms. The molecule has 1 aromatic heterocycles. The van der Waals surface area contributed by atoms with Crippen LogP contribution in [0.15, 0.2) is 12.3 Å². The summed E-state index contributed by atoms with van der Waals surface area (Å²) in [7, 11) is 0. The summed E-state index contributed by atoms with van der Waals surface area (Å²) in [6, 6.07) is 3.91. The fraction of sp³-hybridized carbons (Fsp3) is 0.400. The van der Waals surface area contributed by atoms with E-state index in [1.165, 1.54) is 0 Å². The van der Waals surface area contributed by atoms with Crippen LogP contribution in [-0.4, -0.2) is 18.1 Å². The molecule has 74 valence electrons. The largest absolute Gasteiger partial charge is 0.384 e. The Labute approximate surface area is 84.0 Å². The number of hydrogen-bond acceptors (Lipinski definition) is 4. The van der Waals surface area contributed by atoms with Gasteiger partial charge in [-0.1, -0.05) is 0 Å². The molecule has 0 fully saturated rings. The quantitative estimate of drug-likeness (QED) is 0.760. The molecule has 0 saturated carbocycles. The molecule has 4 nitrogen and oxygen atoms in total. The van der Waals surface area contributed by atoms with Gasteiger partial charge in [0, 0.05) is 13.1 Å². The third kappa shape index (κ3) is 2.36. The molecule has 0 radical (unpaired) electrons. The second-order valence-electron chi connectivity index (χ2n) is 2.79. The first-order valence-electron chi connectivity index (χ1n) is 4.69. The van der Waals surface area contributed by atoms with Crippen LogP contribution in [0.4, 0.5) is 11.5 Å². The highest BCUT2D eigenvalue weighted by Gasteiger charge is 2.02. The van der Waals surface area contributed by atoms with Crippen molar-refractivity contribution in [3.05, 3.63) is 17.8 Å². The third-order valence-electron chi connectivity index (χ3n) is 1.73. The SMILES string of the molecule is CCNc1cnc(NCC)c(C#N)c1. The van der Waals surface area contributed by atoms with Gasteiger partial charge in [-0.05, 0) is 19.9 Å². The Kier molecular flexibility index (Phi) is 3.74. The van der Waals surface area contributed by atoms with Crippen molar-refractivity contribution in [1.29, 1.82) is 5.26 Å². The second-order valence-corrected chi connectivity index (χ2v) is 2.79. The van der Waals surface area contributed by atoms with Crippen LogP contribution in [0.1, 0.15) is 19.4 Å². The predicted molar refractivity (Wildman–Crippen MR) is 57.3 cm³/mol. The molecule has 0 aliphatic rings. The molecule has 0 aliphatic carbocycles. The summed E-state index contributed by atoms with van der Waals surface area (Å²) in [4.78, 5) is 4.16. The zero-order valence-electron chi connectivity index (χ0n) is 8.46. The molecule has 0 bridgehead atoms. The zero-order chi connectivity index (χ0) is 10.4. The van der Waals surface area contributed by atoms with Crippen LogP contribution < -0.4 is 10.6 Å². The summed E-state index contributed by atoms with van der Waals surface area (Å²) in [6.45, 7) is 5.57. The maximum atomic E-state index is 8.88. The molecule has 0 unspecified atom stereocenters. The van der Waals surface area contributed by atoms with Crippen molar-refractivity contribution in [1.82, 2.24) is 4.98 Å². The normalized spacial score (nSPS) is 9.21. The van der Waals surface area contributed by atoms with Crippen molar-refractivity contribution in [2.45, 2.75) is 13.8 Å². The van der Waals surface area contributed by atoms with E-state index in [1.807, 2.05) is 13.8 Å². The van der Waals surface area contributed by atoms with E-state index in [0.717, 1.165) is 18.8 Å². The number of aromatic nitrogens is 1. The van der Waals surface area contributed by atoms with Gasteiger partial charge in [-0.3, -0.25) is 0 Å². The second kappa shape index (κ2) is 5.07. The smallest absolute Gasteiger partial charge is 0.144 e. The average Bonchev–Trinajstić information content (AvgIpc) is 2.21. The lowest BCUT2D eigenvalue weighted by Gasteiger charge is -2.07. The van der Waals surface area contributed by atoms with Crippen molar-refractivity contribution in [3.63, 3.8) is 0 Å². The number of anilines is 2. The Bertz CT molecular complexity index is 340. The molecule has 1 rings (SSSR count). The van der Waals surface area contributed by atoms with E-state index < -0.39 is 0 Å². The van der Waals surface area contributed by atoms with E-state index in [-0.39, 0.29) is 0 Å². The van der Waals surface area contributed by atoms with Crippen molar-refractivity contribution < 1.29 is 0 Å². The van der Waals surface area contributed by atoms with E-state index in [2.05, 4.69) is 21.7 Å². The van der Waals surface area contributed by atoms with Crippen molar-refractivity contribution in [2.75, 3.05) is 23.7 Å². The van der Waals surface area contributed by atoms with Crippen molar-refractivity contribution in [3.8, 4) is 6.07 Å². The Hall–Kier alpha value is -1.76. The van der Waals surface area contributed by atoms with Crippen molar-refractivity contribution in [2.24, 2.45) is 0 Å². The molecule has 2 N–H and O–H groups in total. The minimum absolute atomic E-state index is 0.574. The van der Waals surface area contributed by atoms with E-state index in [9.17, 15) is 0 Å². The van der Waals surface area contributed by atoms with Gasteiger partial charge in [-0.25, -0.2) is 4.98 Å². The van der Waals surface area contributed by atoms with Gasteiger partial charge in [0.05, 0.1) is 17.4 Å². The lowest BCUT2D eigenvalue weighted by Crippen LogP contribution is -2.04.